The number of ether oxygens (including phenoxy) is 1. The van der Waals surface area contributed by atoms with E-state index in [2.05, 4.69) is 20.8 Å². The Morgan fingerprint density at radius 3 is 2.60 bits per heavy atom. The van der Waals surface area contributed by atoms with Crippen LogP contribution >= 0.6 is 11.6 Å². The Morgan fingerprint density at radius 1 is 1.28 bits per heavy atom. The van der Waals surface area contributed by atoms with Gasteiger partial charge in [0, 0.05) is 5.92 Å². The average Bonchev–Trinajstić information content (AvgIpc) is 2.56. The van der Waals surface area contributed by atoms with E-state index in [0.29, 0.717) is 23.0 Å². The molecule has 1 aliphatic rings. The Bertz CT molecular complexity index is 836. The van der Waals surface area contributed by atoms with Gasteiger partial charge in [-0.25, -0.2) is 14.8 Å². The van der Waals surface area contributed by atoms with Crippen LogP contribution in [-0.4, -0.2) is 29.0 Å². The number of aryl methyl sites for hydroxylation is 1. The number of methoxy groups -OCH3 is 1. The molecule has 132 valence electrons. The molecule has 3 rings (SSSR count). The summed E-state index contributed by atoms with van der Waals surface area (Å²) in [5.74, 6) is -0.171. The molecule has 0 radical (unpaired) electrons. The van der Waals surface area contributed by atoms with E-state index in [1.165, 1.54) is 7.11 Å². The van der Waals surface area contributed by atoms with Crippen molar-refractivity contribution in [3.05, 3.63) is 28.4 Å². The monoisotopic (exact) mass is 362 g/mol. The molecule has 2 aromatic rings. The van der Waals surface area contributed by atoms with E-state index in [9.17, 15) is 9.59 Å². The van der Waals surface area contributed by atoms with Crippen molar-refractivity contribution in [1.29, 1.82) is 0 Å². The zero-order chi connectivity index (χ0) is 18.0. The minimum Gasteiger partial charge on any atom is -0.465 e. The number of hydrazine groups is 1. The summed E-state index contributed by atoms with van der Waals surface area (Å²) in [6.45, 7) is 1.94. The Labute approximate surface area is 150 Å². The first-order valence-electron chi connectivity index (χ1n) is 8.17. The second-order valence-corrected chi connectivity index (χ2v) is 6.31. The van der Waals surface area contributed by atoms with Gasteiger partial charge < -0.3 is 4.74 Å². The fourth-order valence-electron chi connectivity index (χ4n) is 2.69. The van der Waals surface area contributed by atoms with E-state index >= 15 is 0 Å². The summed E-state index contributed by atoms with van der Waals surface area (Å²) < 4.78 is 4.81. The van der Waals surface area contributed by atoms with Crippen molar-refractivity contribution < 1.29 is 14.3 Å². The summed E-state index contributed by atoms with van der Waals surface area (Å²) in [6.07, 6.45) is 3.53. The summed E-state index contributed by atoms with van der Waals surface area (Å²) in [7, 11) is 1.34. The molecule has 1 aromatic carbocycles. The van der Waals surface area contributed by atoms with Crippen molar-refractivity contribution in [2.24, 2.45) is 5.92 Å². The molecule has 0 bridgehead atoms. The maximum absolute atomic E-state index is 11.9. The molecule has 25 heavy (non-hydrogen) atoms. The van der Waals surface area contributed by atoms with Gasteiger partial charge in [0.2, 0.25) is 5.91 Å². The van der Waals surface area contributed by atoms with Gasteiger partial charge in [-0.3, -0.25) is 15.6 Å². The normalized spacial score (nSPS) is 14.0. The zero-order valence-corrected chi connectivity index (χ0v) is 14.8. The first-order chi connectivity index (χ1) is 12.0. The first-order valence-corrected chi connectivity index (χ1v) is 8.55. The van der Waals surface area contributed by atoms with Crippen molar-refractivity contribution in [2.45, 2.75) is 32.6 Å². The first kappa shape index (κ1) is 17.4. The number of anilines is 1. The van der Waals surface area contributed by atoms with Crippen molar-refractivity contribution >= 4 is 40.3 Å². The van der Waals surface area contributed by atoms with E-state index in [-0.39, 0.29) is 22.8 Å². The quantitative estimate of drug-likeness (QED) is 0.627. The van der Waals surface area contributed by atoms with Crippen molar-refractivity contribution in [2.75, 3.05) is 12.5 Å². The number of amides is 1. The van der Waals surface area contributed by atoms with Crippen molar-refractivity contribution in [1.82, 2.24) is 15.4 Å². The zero-order valence-electron chi connectivity index (χ0n) is 14.1. The molecule has 1 aliphatic carbocycles. The molecule has 7 nitrogen and oxygen atoms in total. The third-order valence-corrected chi connectivity index (χ3v) is 4.68. The van der Waals surface area contributed by atoms with Gasteiger partial charge in [0.05, 0.1) is 23.7 Å². The van der Waals surface area contributed by atoms with E-state index in [0.717, 1.165) is 24.8 Å². The molecule has 0 saturated heterocycles. The lowest BCUT2D eigenvalue weighted by Gasteiger charge is -2.24. The standard InChI is InChI=1S/C17H19ClN4O3/c1-3-9-7-12-13(8-11(9)17(24)25-2)19-14(18)15(20-12)21-22-16(23)10-5-4-6-10/h7-8,10H,3-6H2,1-2H3,(H,20,21)(H,22,23). The molecule has 1 amide bonds. The van der Waals surface area contributed by atoms with Gasteiger partial charge in [-0.05, 0) is 37.0 Å². The van der Waals surface area contributed by atoms with Gasteiger partial charge in [0.1, 0.15) is 0 Å². The molecule has 1 heterocycles. The maximum Gasteiger partial charge on any atom is 0.338 e. The minimum atomic E-state index is -0.424. The van der Waals surface area contributed by atoms with Crippen molar-refractivity contribution in [3.63, 3.8) is 0 Å². The van der Waals surface area contributed by atoms with E-state index in [4.69, 9.17) is 16.3 Å². The van der Waals surface area contributed by atoms with E-state index in [1.54, 1.807) is 12.1 Å². The third-order valence-electron chi connectivity index (χ3n) is 4.41. The fourth-order valence-corrected chi connectivity index (χ4v) is 2.87. The number of fused-ring (bicyclic) bond motifs is 1. The molecule has 8 heteroatoms. The van der Waals surface area contributed by atoms with Crippen LogP contribution in [0.2, 0.25) is 5.15 Å². The summed E-state index contributed by atoms with van der Waals surface area (Å²) in [6, 6.07) is 3.40. The van der Waals surface area contributed by atoms with Crippen LogP contribution in [0.4, 0.5) is 5.82 Å². The van der Waals surface area contributed by atoms with Gasteiger partial charge in [0.25, 0.3) is 0 Å². The fraction of sp³-hybridized carbons (Fsp3) is 0.412. The number of carbonyl (C=O) groups excluding carboxylic acids is 2. The molecule has 1 fully saturated rings. The largest absolute Gasteiger partial charge is 0.465 e. The Balaban J connectivity index is 1.89. The molecule has 0 unspecified atom stereocenters. The molecule has 1 aromatic heterocycles. The van der Waals surface area contributed by atoms with E-state index in [1.807, 2.05) is 6.92 Å². The van der Waals surface area contributed by atoms with E-state index < -0.39 is 5.97 Å². The van der Waals surface area contributed by atoms with Gasteiger partial charge >= 0.3 is 5.97 Å². The number of nitrogens with zero attached hydrogens (tertiary/aromatic N) is 2. The average molecular weight is 363 g/mol. The van der Waals surface area contributed by atoms with Crippen LogP contribution in [0.15, 0.2) is 12.1 Å². The lowest BCUT2D eigenvalue weighted by atomic mass is 9.85. The number of aromatic nitrogens is 2. The van der Waals surface area contributed by atoms with Crippen LogP contribution in [0.5, 0.6) is 0 Å². The van der Waals surface area contributed by atoms with Crippen LogP contribution in [0.25, 0.3) is 11.0 Å². The SMILES string of the molecule is CCc1cc2nc(NNC(=O)C3CCC3)c(Cl)nc2cc1C(=O)OC. The number of nitrogens with one attached hydrogen (secondary N) is 2. The van der Waals surface area contributed by atoms with Crippen LogP contribution in [0.3, 0.4) is 0 Å². The number of rotatable bonds is 5. The summed E-state index contributed by atoms with van der Waals surface area (Å²) >= 11 is 6.15. The number of hydrogen-bond acceptors (Lipinski definition) is 6. The van der Waals surface area contributed by atoms with Crippen LogP contribution in [-0.2, 0) is 16.0 Å². The highest BCUT2D eigenvalue weighted by Crippen LogP contribution is 2.27. The summed E-state index contributed by atoms with van der Waals surface area (Å²) in [5, 5.41) is 0.112. The number of benzene rings is 1. The van der Waals surface area contributed by atoms with Crippen LogP contribution in [0.1, 0.15) is 42.1 Å². The number of halogens is 1. The van der Waals surface area contributed by atoms with Gasteiger partial charge in [0.15, 0.2) is 11.0 Å². The highest BCUT2D eigenvalue weighted by atomic mass is 35.5. The highest BCUT2D eigenvalue weighted by molar-refractivity contribution is 6.32. The second kappa shape index (κ2) is 7.23. The van der Waals surface area contributed by atoms with Gasteiger partial charge in [-0.15, -0.1) is 0 Å². The smallest absolute Gasteiger partial charge is 0.338 e. The Morgan fingerprint density at radius 2 is 2.00 bits per heavy atom. The van der Waals surface area contributed by atoms with Crippen LogP contribution in [0, 0.1) is 5.92 Å². The lowest BCUT2D eigenvalue weighted by Crippen LogP contribution is -2.38. The highest BCUT2D eigenvalue weighted by Gasteiger charge is 2.25. The summed E-state index contributed by atoms with van der Waals surface area (Å²) in [5.41, 5.74) is 7.68. The van der Waals surface area contributed by atoms with Crippen LogP contribution < -0.4 is 10.9 Å². The predicted molar refractivity (Wildman–Crippen MR) is 94.4 cm³/mol. The second-order valence-electron chi connectivity index (χ2n) is 5.95. The lowest BCUT2D eigenvalue weighted by molar-refractivity contribution is -0.126. The number of esters is 1. The Hall–Kier alpha value is -2.41. The minimum absolute atomic E-state index is 0.0500. The topological polar surface area (TPSA) is 93.2 Å². The van der Waals surface area contributed by atoms with Gasteiger partial charge in [-0.2, -0.15) is 0 Å². The molecule has 0 aliphatic heterocycles. The van der Waals surface area contributed by atoms with Gasteiger partial charge in [-0.1, -0.05) is 24.9 Å². The molecule has 0 atom stereocenters. The molecular formula is C17H19ClN4O3. The van der Waals surface area contributed by atoms with Crippen molar-refractivity contribution in [3.8, 4) is 0 Å². The summed E-state index contributed by atoms with van der Waals surface area (Å²) in [4.78, 5) is 32.5. The Kier molecular flexibility index (Phi) is 5.03. The molecular weight excluding hydrogens is 344 g/mol. The molecule has 2 N–H and O–H groups in total. The molecule has 1 saturated carbocycles. The third kappa shape index (κ3) is 3.51. The predicted octanol–water partition coefficient (Wildman–Crippen LogP) is 2.88. The number of carbonyl (C=O) groups is 2. The number of hydrogen-bond donors (Lipinski definition) is 2. The molecule has 0 spiro atoms. The maximum atomic E-state index is 11.9.